The molecule has 0 heterocycles. The minimum atomic E-state index is -3.02. The van der Waals surface area contributed by atoms with E-state index in [0.717, 1.165) is 6.92 Å². The summed E-state index contributed by atoms with van der Waals surface area (Å²) in [6.07, 6.45) is 0. The fourth-order valence-corrected chi connectivity index (χ4v) is 1.22. The highest BCUT2D eigenvalue weighted by Crippen LogP contribution is 2.33. The number of hydrogen-bond donors (Lipinski definition) is 2. The van der Waals surface area contributed by atoms with Crippen molar-refractivity contribution in [1.82, 2.24) is 0 Å². The van der Waals surface area contributed by atoms with Gasteiger partial charge in [0.1, 0.15) is 0 Å². The highest BCUT2D eigenvalue weighted by Gasteiger charge is 2.27. The third-order valence-electron chi connectivity index (χ3n) is 1.85. The van der Waals surface area contributed by atoms with Gasteiger partial charge in [0.25, 0.3) is 5.92 Å². The van der Waals surface area contributed by atoms with Gasteiger partial charge in [0, 0.05) is 30.8 Å². The van der Waals surface area contributed by atoms with Crippen LogP contribution in [0, 0.1) is 0 Å². The van der Waals surface area contributed by atoms with Crippen LogP contribution in [0.1, 0.15) is 33.3 Å². The third-order valence-corrected chi connectivity index (χ3v) is 1.85. The molecule has 0 aromatic heterocycles. The van der Waals surface area contributed by atoms with E-state index in [1.54, 1.807) is 0 Å². The number of nitrogens with one attached hydrogen (secondary N) is 1. The second-order valence-corrected chi connectivity index (χ2v) is 3.37. The molecule has 96 valence electrons. The van der Waals surface area contributed by atoms with Crippen molar-refractivity contribution in [2.45, 2.75) is 33.6 Å². The van der Waals surface area contributed by atoms with E-state index in [4.69, 9.17) is 5.73 Å². The maximum Gasteiger partial charge on any atom is 0.272 e. The molecule has 0 saturated carbocycles. The summed E-state index contributed by atoms with van der Waals surface area (Å²) in [5, 5.41) is 2.42. The molecule has 0 bridgehead atoms. The van der Waals surface area contributed by atoms with Crippen LogP contribution in [0.25, 0.3) is 0 Å². The second kappa shape index (κ2) is 6.18. The summed E-state index contributed by atoms with van der Waals surface area (Å²) in [5.41, 5.74) is 5.45. The van der Waals surface area contributed by atoms with E-state index in [0.29, 0.717) is 5.69 Å². The number of anilines is 2. The molecule has 0 atom stereocenters. The van der Waals surface area contributed by atoms with Gasteiger partial charge in [0.2, 0.25) is 5.91 Å². The number of nitrogens with two attached hydrogens (primary N) is 1. The molecular formula is C12H18F2N2O. The number of alkyl halides is 2. The number of halogens is 2. The Balaban J connectivity index is 0.00000121. The van der Waals surface area contributed by atoms with Crippen molar-refractivity contribution in [3.05, 3.63) is 23.8 Å². The van der Waals surface area contributed by atoms with Crippen molar-refractivity contribution in [3.63, 3.8) is 0 Å². The Morgan fingerprint density at radius 1 is 1.35 bits per heavy atom. The molecule has 0 unspecified atom stereocenters. The average molecular weight is 244 g/mol. The van der Waals surface area contributed by atoms with Crippen LogP contribution in [-0.4, -0.2) is 5.91 Å². The van der Waals surface area contributed by atoms with E-state index >= 15 is 0 Å². The molecular weight excluding hydrogens is 226 g/mol. The van der Waals surface area contributed by atoms with E-state index in [9.17, 15) is 13.6 Å². The lowest BCUT2D eigenvalue weighted by molar-refractivity contribution is -0.114. The number of carbonyl (C=O) groups is 1. The first kappa shape index (κ1) is 15.3. The van der Waals surface area contributed by atoms with Gasteiger partial charge >= 0.3 is 0 Å². The Morgan fingerprint density at radius 3 is 2.29 bits per heavy atom. The predicted molar refractivity (Wildman–Crippen MR) is 66.1 cm³/mol. The number of benzene rings is 1. The molecule has 1 amide bonds. The second-order valence-electron chi connectivity index (χ2n) is 3.37. The van der Waals surface area contributed by atoms with Gasteiger partial charge in [-0.2, -0.15) is 0 Å². The van der Waals surface area contributed by atoms with Gasteiger partial charge in [-0.25, -0.2) is 8.78 Å². The topological polar surface area (TPSA) is 55.1 Å². The van der Waals surface area contributed by atoms with Crippen LogP contribution in [0.2, 0.25) is 0 Å². The van der Waals surface area contributed by atoms with Gasteiger partial charge in [-0.15, -0.1) is 0 Å². The summed E-state index contributed by atoms with van der Waals surface area (Å²) >= 11 is 0. The van der Waals surface area contributed by atoms with E-state index < -0.39 is 5.92 Å². The van der Waals surface area contributed by atoms with E-state index in [1.165, 1.54) is 25.1 Å². The van der Waals surface area contributed by atoms with Gasteiger partial charge in [-0.05, 0) is 18.2 Å². The van der Waals surface area contributed by atoms with Crippen LogP contribution in [0.4, 0.5) is 20.2 Å². The summed E-state index contributed by atoms with van der Waals surface area (Å²) < 4.78 is 26.1. The summed E-state index contributed by atoms with van der Waals surface area (Å²) in [5.74, 6) is -3.33. The molecule has 1 rings (SSSR count). The molecule has 0 saturated heterocycles. The van der Waals surface area contributed by atoms with Crippen molar-refractivity contribution < 1.29 is 13.6 Å². The first-order valence-electron chi connectivity index (χ1n) is 5.36. The lowest BCUT2D eigenvalue weighted by Crippen LogP contribution is -2.12. The first-order valence-corrected chi connectivity index (χ1v) is 5.36. The van der Waals surface area contributed by atoms with Crippen LogP contribution in [0.15, 0.2) is 18.2 Å². The van der Waals surface area contributed by atoms with Gasteiger partial charge in [-0.1, -0.05) is 13.8 Å². The zero-order valence-corrected chi connectivity index (χ0v) is 10.5. The highest BCUT2D eigenvalue weighted by molar-refractivity contribution is 5.89. The molecule has 3 N–H and O–H groups in total. The number of nitrogen functional groups attached to an aromatic ring is 1. The molecule has 1 aromatic rings. The molecule has 0 aliphatic heterocycles. The SMILES string of the molecule is CC.CC(=O)Nc1ccc(N)c(C(C)(F)F)c1. The number of amides is 1. The maximum absolute atomic E-state index is 13.0. The Morgan fingerprint density at radius 2 is 1.88 bits per heavy atom. The van der Waals surface area contributed by atoms with Crippen molar-refractivity contribution in [3.8, 4) is 0 Å². The molecule has 5 heteroatoms. The largest absolute Gasteiger partial charge is 0.398 e. The molecule has 0 aliphatic carbocycles. The lowest BCUT2D eigenvalue weighted by Gasteiger charge is -2.14. The molecule has 0 fully saturated rings. The van der Waals surface area contributed by atoms with E-state index in [-0.39, 0.29) is 17.2 Å². The van der Waals surface area contributed by atoms with Crippen LogP contribution in [0.5, 0.6) is 0 Å². The smallest absolute Gasteiger partial charge is 0.272 e. The summed E-state index contributed by atoms with van der Waals surface area (Å²) in [7, 11) is 0. The normalized spacial score (nSPS) is 10.2. The van der Waals surface area contributed by atoms with Crippen molar-refractivity contribution in [1.29, 1.82) is 0 Å². The van der Waals surface area contributed by atoms with Crippen molar-refractivity contribution in [2.24, 2.45) is 0 Å². The zero-order valence-electron chi connectivity index (χ0n) is 10.5. The van der Waals surface area contributed by atoms with Gasteiger partial charge in [0.05, 0.1) is 0 Å². The molecule has 1 aromatic carbocycles. The molecule has 0 spiro atoms. The van der Waals surface area contributed by atoms with Crippen LogP contribution >= 0.6 is 0 Å². The molecule has 17 heavy (non-hydrogen) atoms. The number of hydrogen-bond acceptors (Lipinski definition) is 2. The Hall–Kier alpha value is -1.65. The quantitative estimate of drug-likeness (QED) is 0.784. The third kappa shape index (κ3) is 4.80. The number of rotatable bonds is 2. The fraction of sp³-hybridized carbons (Fsp3) is 0.417. The minimum absolute atomic E-state index is 0.0107. The standard InChI is InChI=1S/C10H12F2N2O.C2H6/c1-6(15)14-7-3-4-9(13)8(5-7)10(2,11)12;1-2/h3-5H,13H2,1-2H3,(H,14,15);1-2H3. The Bertz CT molecular complexity index is 387. The zero-order chi connectivity index (χ0) is 13.6. The van der Waals surface area contributed by atoms with Gasteiger partial charge < -0.3 is 11.1 Å². The molecule has 0 aliphatic rings. The summed E-state index contributed by atoms with van der Waals surface area (Å²) in [6.45, 7) is 6.07. The maximum atomic E-state index is 13.0. The summed E-state index contributed by atoms with van der Waals surface area (Å²) in [6, 6.07) is 4.00. The van der Waals surface area contributed by atoms with Gasteiger partial charge in [0.15, 0.2) is 0 Å². The van der Waals surface area contributed by atoms with Gasteiger partial charge in [-0.3, -0.25) is 4.79 Å². The summed E-state index contributed by atoms with van der Waals surface area (Å²) in [4.78, 5) is 10.7. The Labute approximate surface area is 100 Å². The average Bonchev–Trinajstić information content (AvgIpc) is 2.21. The predicted octanol–water partition coefficient (Wildman–Crippen LogP) is 3.37. The minimum Gasteiger partial charge on any atom is -0.398 e. The van der Waals surface area contributed by atoms with Crippen molar-refractivity contribution >= 4 is 17.3 Å². The fourth-order valence-electron chi connectivity index (χ4n) is 1.22. The van der Waals surface area contributed by atoms with Crippen molar-refractivity contribution in [2.75, 3.05) is 11.1 Å². The van der Waals surface area contributed by atoms with E-state index in [1.807, 2.05) is 13.8 Å². The molecule has 0 radical (unpaired) electrons. The lowest BCUT2D eigenvalue weighted by atomic mass is 10.1. The highest BCUT2D eigenvalue weighted by atomic mass is 19.3. The molecule has 3 nitrogen and oxygen atoms in total. The number of carbonyl (C=O) groups excluding carboxylic acids is 1. The Kier molecular flexibility index (Phi) is 5.58. The van der Waals surface area contributed by atoms with Crippen LogP contribution in [0.3, 0.4) is 0 Å². The first-order chi connectivity index (χ1) is 7.80. The van der Waals surface area contributed by atoms with Crippen LogP contribution < -0.4 is 11.1 Å². The monoisotopic (exact) mass is 244 g/mol. The van der Waals surface area contributed by atoms with E-state index in [2.05, 4.69) is 5.32 Å². The van der Waals surface area contributed by atoms with Crippen LogP contribution in [-0.2, 0) is 10.7 Å².